The maximum Gasteiger partial charge on any atom is 0.336 e. The molecule has 1 aromatic heterocycles. The van der Waals surface area contributed by atoms with E-state index in [2.05, 4.69) is 18.3 Å². The molecule has 0 aliphatic heterocycles. The molecule has 0 unspecified atom stereocenters. The minimum atomic E-state index is -0.321. The van der Waals surface area contributed by atoms with Crippen LogP contribution in [0.25, 0.3) is 11.0 Å². The van der Waals surface area contributed by atoms with Crippen molar-refractivity contribution in [2.24, 2.45) is 0 Å². The van der Waals surface area contributed by atoms with Gasteiger partial charge in [0.25, 0.3) is 0 Å². The molecule has 0 saturated heterocycles. The Hall–Kier alpha value is -2.10. The van der Waals surface area contributed by atoms with Crippen molar-refractivity contribution in [1.29, 1.82) is 0 Å². The molecule has 124 valence electrons. The third kappa shape index (κ3) is 3.23. The van der Waals surface area contributed by atoms with E-state index in [1.807, 2.05) is 44.2 Å². The molecule has 24 heavy (non-hydrogen) atoms. The van der Waals surface area contributed by atoms with Crippen LogP contribution in [0, 0.1) is 13.8 Å². The highest BCUT2D eigenvalue weighted by Gasteiger charge is 2.12. The smallest absolute Gasteiger partial charge is 0.336 e. The monoisotopic (exact) mass is 341 g/mol. The molecule has 1 N–H and O–H groups in total. The predicted molar refractivity (Wildman–Crippen MR) is 98.7 cm³/mol. The molecule has 0 radical (unpaired) electrons. The summed E-state index contributed by atoms with van der Waals surface area (Å²) >= 11 is 6.25. The van der Waals surface area contributed by atoms with Gasteiger partial charge in [0.15, 0.2) is 0 Å². The molecule has 4 heteroatoms. The topological polar surface area (TPSA) is 42.2 Å². The Kier molecular flexibility index (Phi) is 4.74. The lowest BCUT2D eigenvalue weighted by Gasteiger charge is -2.16. The Morgan fingerprint density at radius 3 is 2.67 bits per heavy atom. The van der Waals surface area contributed by atoms with E-state index < -0.39 is 0 Å². The fourth-order valence-electron chi connectivity index (χ4n) is 2.87. The lowest BCUT2D eigenvalue weighted by molar-refractivity contribution is 0.545. The van der Waals surface area contributed by atoms with Crippen LogP contribution in [0.2, 0.25) is 5.02 Å². The van der Waals surface area contributed by atoms with Gasteiger partial charge in [0.1, 0.15) is 5.58 Å². The van der Waals surface area contributed by atoms with Crippen LogP contribution in [0.15, 0.2) is 51.7 Å². The summed E-state index contributed by atoms with van der Waals surface area (Å²) in [6.45, 7) is 6.62. The first kappa shape index (κ1) is 16.7. The van der Waals surface area contributed by atoms with Crippen LogP contribution in [0.4, 0.5) is 0 Å². The first-order valence-corrected chi connectivity index (χ1v) is 8.36. The number of rotatable bonds is 4. The molecular weight excluding hydrogens is 322 g/mol. The molecular formula is C20H20ClNO2. The maximum atomic E-state index is 11.9. The van der Waals surface area contributed by atoms with E-state index in [1.165, 1.54) is 0 Å². The number of halogens is 1. The third-order valence-corrected chi connectivity index (χ3v) is 4.83. The quantitative estimate of drug-likeness (QED) is 0.685. The average Bonchev–Trinajstić information content (AvgIpc) is 2.56. The summed E-state index contributed by atoms with van der Waals surface area (Å²) in [7, 11) is 0. The van der Waals surface area contributed by atoms with Gasteiger partial charge in [0.2, 0.25) is 0 Å². The van der Waals surface area contributed by atoms with Gasteiger partial charge in [-0.05, 0) is 49.1 Å². The van der Waals surface area contributed by atoms with E-state index in [-0.39, 0.29) is 11.7 Å². The van der Waals surface area contributed by atoms with Gasteiger partial charge < -0.3 is 9.73 Å². The van der Waals surface area contributed by atoms with Gasteiger partial charge in [-0.2, -0.15) is 0 Å². The van der Waals surface area contributed by atoms with E-state index in [9.17, 15) is 4.79 Å². The summed E-state index contributed by atoms with van der Waals surface area (Å²) in [6, 6.07) is 13.5. The van der Waals surface area contributed by atoms with Crippen molar-refractivity contribution < 1.29 is 4.42 Å². The molecule has 1 atom stereocenters. The van der Waals surface area contributed by atoms with Gasteiger partial charge in [-0.3, -0.25) is 0 Å². The predicted octanol–water partition coefficient (Wildman–Crippen LogP) is 4.91. The Balaban J connectivity index is 1.92. The van der Waals surface area contributed by atoms with Gasteiger partial charge in [0, 0.05) is 29.1 Å². The highest BCUT2D eigenvalue weighted by Crippen LogP contribution is 2.25. The first-order valence-electron chi connectivity index (χ1n) is 7.98. The molecule has 0 saturated carbocycles. The van der Waals surface area contributed by atoms with Crippen molar-refractivity contribution >= 4 is 22.6 Å². The summed E-state index contributed by atoms with van der Waals surface area (Å²) < 4.78 is 5.42. The zero-order valence-corrected chi connectivity index (χ0v) is 14.8. The van der Waals surface area contributed by atoms with Crippen LogP contribution in [-0.4, -0.2) is 0 Å². The second kappa shape index (κ2) is 6.80. The van der Waals surface area contributed by atoms with Crippen LogP contribution >= 0.6 is 11.6 Å². The highest BCUT2D eigenvalue weighted by atomic mass is 35.5. The fourth-order valence-corrected chi connectivity index (χ4v) is 3.17. The van der Waals surface area contributed by atoms with Gasteiger partial charge in [0.05, 0.1) is 0 Å². The molecule has 0 fully saturated rings. The van der Waals surface area contributed by atoms with Crippen LogP contribution in [-0.2, 0) is 6.54 Å². The number of fused-ring (bicyclic) bond motifs is 1. The lowest BCUT2D eigenvalue weighted by Crippen LogP contribution is -2.19. The van der Waals surface area contributed by atoms with Crippen molar-refractivity contribution in [2.75, 3.05) is 0 Å². The molecule has 3 aromatic rings. The molecule has 0 amide bonds. The van der Waals surface area contributed by atoms with Gasteiger partial charge in [-0.1, -0.05) is 41.9 Å². The largest absolute Gasteiger partial charge is 0.422 e. The van der Waals surface area contributed by atoms with Crippen LogP contribution < -0.4 is 10.9 Å². The van der Waals surface area contributed by atoms with E-state index in [1.54, 1.807) is 6.07 Å². The average molecular weight is 342 g/mol. The normalized spacial score (nSPS) is 12.5. The molecule has 0 aliphatic rings. The Labute approximate surface area is 146 Å². The number of hydrogen-bond acceptors (Lipinski definition) is 3. The fraction of sp³-hybridized carbons (Fsp3) is 0.250. The van der Waals surface area contributed by atoms with Gasteiger partial charge in [-0.25, -0.2) is 4.79 Å². The summed E-state index contributed by atoms with van der Waals surface area (Å²) in [4.78, 5) is 11.9. The van der Waals surface area contributed by atoms with Gasteiger partial charge in [-0.15, -0.1) is 0 Å². The van der Waals surface area contributed by atoms with E-state index in [4.69, 9.17) is 16.0 Å². The van der Waals surface area contributed by atoms with Crippen molar-refractivity contribution in [2.45, 2.75) is 33.4 Å². The lowest BCUT2D eigenvalue weighted by atomic mass is 10.0. The third-order valence-electron chi connectivity index (χ3n) is 4.49. The Morgan fingerprint density at radius 2 is 1.92 bits per heavy atom. The maximum absolute atomic E-state index is 11.9. The zero-order valence-electron chi connectivity index (χ0n) is 14.0. The van der Waals surface area contributed by atoms with Crippen molar-refractivity contribution in [3.05, 3.63) is 80.2 Å². The Morgan fingerprint density at radius 1 is 1.17 bits per heavy atom. The van der Waals surface area contributed by atoms with E-state index in [0.717, 1.165) is 32.7 Å². The number of hydrogen-bond donors (Lipinski definition) is 1. The summed E-state index contributed by atoms with van der Waals surface area (Å²) in [5.41, 5.74) is 4.44. The summed E-state index contributed by atoms with van der Waals surface area (Å²) in [5, 5.41) is 5.15. The Bertz CT molecular complexity index is 946. The van der Waals surface area contributed by atoms with E-state index >= 15 is 0 Å². The molecule has 2 aromatic carbocycles. The second-order valence-electron chi connectivity index (χ2n) is 6.10. The minimum absolute atomic E-state index is 0.0764. The van der Waals surface area contributed by atoms with Crippen molar-refractivity contribution in [3.8, 4) is 0 Å². The van der Waals surface area contributed by atoms with Crippen LogP contribution in [0.1, 0.15) is 35.2 Å². The van der Waals surface area contributed by atoms with Crippen molar-refractivity contribution in [1.82, 2.24) is 5.32 Å². The molecule has 0 spiro atoms. The molecule has 0 aliphatic carbocycles. The van der Waals surface area contributed by atoms with E-state index in [0.29, 0.717) is 12.1 Å². The van der Waals surface area contributed by atoms with Gasteiger partial charge >= 0.3 is 5.63 Å². The van der Waals surface area contributed by atoms with Crippen LogP contribution in [0.3, 0.4) is 0 Å². The second-order valence-corrected chi connectivity index (χ2v) is 6.51. The molecule has 3 nitrogen and oxygen atoms in total. The van der Waals surface area contributed by atoms with Crippen molar-refractivity contribution in [3.63, 3.8) is 0 Å². The molecule has 0 bridgehead atoms. The minimum Gasteiger partial charge on any atom is -0.422 e. The van der Waals surface area contributed by atoms with Crippen LogP contribution in [0.5, 0.6) is 0 Å². The zero-order chi connectivity index (χ0) is 17.3. The number of nitrogens with one attached hydrogen (secondary N) is 1. The standard InChI is InChI=1S/C20H20ClNO2/c1-12-8-9-17-15(10-19(23)24-20(17)13(12)2)11-22-14(3)16-6-4-5-7-18(16)21/h4-10,14,22H,11H2,1-3H3/t14-/m1/s1. The SMILES string of the molecule is Cc1ccc2c(CN[C@H](C)c3ccccc3Cl)cc(=O)oc2c1C. The highest BCUT2D eigenvalue weighted by molar-refractivity contribution is 6.31. The molecule has 3 rings (SSSR count). The molecule has 1 heterocycles. The summed E-state index contributed by atoms with van der Waals surface area (Å²) in [5.74, 6) is 0. The first-order chi connectivity index (χ1) is 11.5. The summed E-state index contributed by atoms with van der Waals surface area (Å²) in [6.07, 6.45) is 0. The number of aryl methyl sites for hydroxylation is 2. The number of benzene rings is 2.